The molecule has 0 aliphatic heterocycles. The molecule has 0 radical (unpaired) electrons. The standard InChI is InChI=1S/C20H18N8O2/c1-25-13-27(11-21-25)23-19(29)17-7-3-15(4-8-17)16-5-9-18(10-6-16)20(30)24-28-12-22-26(2)14-28/h3-14H,1-2H3. The number of rotatable bonds is 5. The summed E-state index contributed by atoms with van der Waals surface area (Å²) in [5.41, 5.74) is 2.76. The number of hydrogen-bond acceptors (Lipinski definition) is 6. The van der Waals surface area contributed by atoms with Gasteiger partial charge in [0.05, 0.1) is 14.1 Å². The lowest BCUT2D eigenvalue weighted by molar-refractivity contribution is -0.682. The molecule has 0 spiro atoms. The van der Waals surface area contributed by atoms with Crippen molar-refractivity contribution < 1.29 is 19.6 Å². The van der Waals surface area contributed by atoms with Crippen molar-refractivity contribution in [2.24, 2.45) is 24.3 Å². The molecule has 0 saturated carbocycles. The first-order chi connectivity index (χ1) is 14.5. The Hall–Kier alpha value is -4.34. The monoisotopic (exact) mass is 402 g/mol. The minimum absolute atomic E-state index is 0.366. The molecule has 150 valence electrons. The summed E-state index contributed by atoms with van der Waals surface area (Å²) in [5, 5.41) is 40.4. The predicted octanol–water partition coefficient (Wildman–Crippen LogP) is -1.46. The summed E-state index contributed by atoms with van der Waals surface area (Å²) >= 11 is 0. The Morgan fingerprint density at radius 2 is 1.07 bits per heavy atom. The lowest BCUT2D eigenvalue weighted by atomic mass is 10.0. The first-order valence-corrected chi connectivity index (χ1v) is 9.01. The molecule has 0 amide bonds. The lowest BCUT2D eigenvalue weighted by Crippen LogP contribution is -2.32. The van der Waals surface area contributed by atoms with Crippen LogP contribution in [0, 0.1) is 0 Å². The first kappa shape index (κ1) is 19.0. The summed E-state index contributed by atoms with van der Waals surface area (Å²) in [4.78, 5) is 0. The van der Waals surface area contributed by atoms with Crippen LogP contribution in [0.4, 0.5) is 0 Å². The summed E-state index contributed by atoms with van der Waals surface area (Å²) in [5.74, 6) is -0.731. The molecule has 0 saturated heterocycles. The molecule has 0 fully saturated rings. The van der Waals surface area contributed by atoms with E-state index in [2.05, 4.69) is 20.4 Å². The Labute approximate surface area is 171 Å². The largest absolute Gasteiger partial charge is 0.856 e. The van der Waals surface area contributed by atoms with Crippen LogP contribution in [0.15, 0.2) is 84.0 Å². The summed E-state index contributed by atoms with van der Waals surface area (Å²) in [6, 6.07) is 14.2. The van der Waals surface area contributed by atoms with Crippen LogP contribution < -0.4 is 19.6 Å². The molecule has 0 unspecified atom stereocenters. The quantitative estimate of drug-likeness (QED) is 0.230. The summed E-state index contributed by atoms with van der Waals surface area (Å²) < 4.78 is 5.83. The third-order valence-electron chi connectivity index (χ3n) is 4.28. The first-order valence-electron chi connectivity index (χ1n) is 9.01. The van der Waals surface area contributed by atoms with E-state index in [-0.39, 0.29) is 11.8 Å². The van der Waals surface area contributed by atoms with Gasteiger partial charge in [0.1, 0.15) is 0 Å². The van der Waals surface area contributed by atoms with Gasteiger partial charge in [-0.25, -0.2) is 0 Å². The Morgan fingerprint density at radius 3 is 1.37 bits per heavy atom. The molecule has 2 aromatic heterocycles. The molecule has 0 atom stereocenters. The minimum Gasteiger partial charge on any atom is -0.856 e. The van der Waals surface area contributed by atoms with Crippen molar-refractivity contribution >= 4 is 11.8 Å². The molecule has 2 heterocycles. The van der Waals surface area contributed by atoms with E-state index in [9.17, 15) is 10.2 Å². The number of aryl methyl sites for hydroxylation is 2. The van der Waals surface area contributed by atoms with Crippen LogP contribution in [-0.2, 0) is 14.1 Å². The topological polar surface area (TPSA) is 114 Å². The molecular weight excluding hydrogens is 384 g/mol. The third kappa shape index (κ3) is 4.22. The number of nitrogens with zero attached hydrogens (tertiary/aromatic N) is 8. The Bertz CT molecular complexity index is 1120. The third-order valence-corrected chi connectivity index (χ3v) is 4.28. The van der Waals surface area contributed by atoms with Crippen molar-refractivity contribution in [2.45, 2.75) is 0 Å². The van der Waals surface area contributed by atoms with Gasteiger partial charge >= 0.3 is 0 Å². The zero-order valence-corrected chi connectivity index (χ0v) is 16.3. The Balaban J connectivity index is 1.50. The fourth-order valence-corrected chi connectivity index (χ4v) is 2.77. The van der Waals surface area contributed by atoms with E-state index in [4.69, 9.17) is 0 Å². The maximum Gasteiger partial charge on any atom is 0.288 e. The summed E-state index contributed by atoms with van der Waals surface area (Å²) in [6.45, 7) is 0. The number of hydrogen-bond donors (Lipinski definition) is 0. The molecule has 4 aromatic rings. The van der Waals surface area contributed by atoms with Crippen molar-refractivity contribution in [1.29, 1.82) is 0 Å². The van der Waals surface area contributed by atoms with Crippen LogP contribution in [0.1, 0.15) is 11.1 Å². The minimum atomic E-state index is -0.366. The van der Waals surface area contributed by atoms with Crippen LogP contribution in [0.2, 0.25) is 0 Å². The van der Waals surface area contributed by atoms with Gasteiger partial charge in [-0.05, 0) is 22.3 Å². The molecule has 0 bridgehead atoms. The highest BCUT2D eigenvalue weighted by molar-refractivity contribution is 5.91. The van der Waals surface area contributed by atoms with E-state index >= 15 is 0 Å². The van der Waals surface area contributed by atoms with E-state index in [1.807, 2.05) is 24.3 Å². The normalized spacial score (nSPS) is 12.3. The fourth-order valence-electron chi connectivity index (χ4n) is 2.77. The van der Waals surface area contributed by atoms with Crippen molar-refractivity contribution in [3.8, 4) is 11.1 Å². The van der Waals surface area contributed by atoms with Crippen molar-refractivity contribution in [3.63, 3.8) is 0 Å². The van der Waals surface area contributed by atoms with Gasteiger partial charge in [-0.1, -0.05) is 48.5 Å². The van der Waals surface area contributed by atoms with Gasteiger partial charge in [0.25, 0.3) is 12.7 Å². The van der Waals surface area contributed by atoms with Crippen LogP contribution in [0.25, 0.3) is 11.1 Å². The average molecular weight is 402 g/mol. The van der Waals surface area contributed by atoms with Crippen LogP contribution in [0.3, 0.4) is 0 Å². The van der Waals surface area contributed by atoms with Gasteiger partial charge < -0.3 is 10.2 Å². The second-order valence-corrected chi connectivity index (χ2v) is 6.57. The molecule has 4 rings (SSSR count). The van der Waals surface area contributed by atoms with E-state index in [1.54, 1.807) is 60.4 Å². The molecule has 2 aromatic carbocycles. The summed E-state index contributed by atoms with van der Waals surface area (Å²) in [7, 11) is 3.49. The average Bonchev–Trinajstić information content (AvgIpc) is 3.35. The fraction of sp³-hybridized carbons (Fsp3) is 0.100. The highest BCUT2D eigenvalue weighted by atomic mass is 16.3. The second kappa shape index (κ2) is 7.95. The van der Waals surface area contributed by atoms with Gasteiger partial charge in [0.2, 0.25) is 12.7 Å². The van der Waals surface area contributed by atoms with E-state index in [0.29, 0.717) is 11.1 Å². The van der Waals surface area contributed by atoms with Gasteiger partial charge in [0, 0.05) is 22.0 Å². The summed E-state index contributed by atoms with van der Waals surface area (Å²) in [6.07, 6.45) is 6.09. The van der Waals surface area contributed by atoms with Crippen LogP contribution in [0.5, 0.6) is 0 Å². The molecule has 0 N–H and O–H groups in total. The van der Waals surface area contributed by atoms with Crippen LogP contribution >= 0.6 is 0 Å². The van der Waals surface area contributed by atoms with Crippen molar-refractivity contribution in [1.82, 2.24) is 19.6 Å². The smallest absolute Gasteiger partial charge is 0.288 e. The second-order valence-electron chi connectivity index (χ2n) is 6.57. The Kier molecular flexibility index (Phi) is 5.04. The predicted molar refractivity (Wildman–Crippen MR) is 103 cm³/mol. The molecule has 0 aliphatic carbocycles. The van der Waals surface area contributed by atoms with Crippen molar-refractivity contribution in [3.05, 3.63) is 85.0 Å². The van der Waals surface area contributed by atoms with Gasteiger partial charge in [-0.3, -0.25) is 0 Å². The molecule has 30 heavy (non-hydrogen) atoms. The number of benzene rings is 2. The van der Waals surface area contributed by atoms with E-state index in [1.165, 1.54) is 22.0 Å². The zero-order chi connectivity index (χ0) is 21.1. The SMILES string of the molecule is Cn1c[n+](/N=C(\[O-])c2ccc(-c3ccc(/C([O-])=N/[n+]4cnn(C)c4)cc3)cc2)cn1. The van der Waals surface area contributed by atoms with Gasteiger partial charge in [-0.15, -0.1) is 28.9 Å². The molecule has 0 aliphatic rings. The highest BCUT2D eigenvalue weighted by Crippen LogP contribution is 2.20. The highest BCUT2D eigenvalue weighted by Gasteiger charge is 2.03. The van der Waals surface area contributed by atoms with Gasteiger partial charge in [-0.2, -0.15) is 0 Å². The van der Waals surface area contributed by atoms with E-state index < -0.39 is 0 Å². The molecule has 10 nitrogen and oxygen atoms in total. The maximum absolute atomic E-state index is 12.3. The molecular formula is C20H18N8O2. The lowest BCUT2D eigenvalue weighted by Gasteiger charge is -2.11. The van der Waals surface area contributed by atoms with Crippen molar-refractivity contribution in [2.75, 3.05) is 0 Å². The van der Waals surface area contributed by atoms with Crippen LogP contribution in [-0.4, -0.2) is 31.4 Å². The zero-order valence-electron chi connectivity index (χ0n) is 16.3. The molecule has 10 heteroatoms. The maximum atomic E-state index is 12.3. The van der Waals surface area contributed by atoms with Gasteiger partial charge in [0.15, 0.2) is 0 Å². The van der Waals surface area contributed by atoms with E-state index in [0.717, 1.165) is 11.1 Å². The Morgan fingerprint density at radius 1 is 0.700 bits per heavy atom. The number of aromatic nitrogens is 6.